The van der Waals surface area contributed by atoms with Crippen molar-refractivity contribution in [3.8, 4) is 0 Å². The molecule has 1 rings (SSSR count). The van der Waals surface area contributed by atoms with E-state index in [-0.39, 0.29) is 12.8 Å². The maximum Gasteiger partial charge on any atom is 0.392 e. The Bertz CT molecular complexity index is 425. The van der Waals surface area contributed by atoms with Gasteiger partial charge in [0.05, 0.1) is 12.3 Å². The second kappa shape index (κ2) is 6.77. The Labute approximate surface area is 118 Å². The predicted octanol–water partition coefficient (Wildman–Crippen LogP) is 0.800. The summed E-state index contributed by atoms with van der Waals surface area (Å²) in [5.74, 6) is -6.58. The van der Waals surface area contributed by atoms with Crippen LogP contribution in [0.2, 0.25) is 0 Å². The number of carboxylic acid groups (broad SMARTS) is 1. The van der Waals surface area contributed by atoms with Crippen molar-refractivity contribution in [1.82, 2.24) is 5.32 Å². The van der Waals surface area contributed by atoms with E-state index in [2.05, 4.69) is 0 Å². The lowest BCUT2D eigenvalue weighted by Crippen LogP contribution is -2.49. The van der Waals surface area contributed by atoms with Crippen LogP contribution in [0.25, 0.3) is 0 Å². The number of primary amides is 1. The Kier molecular flexibility index (Phi) is 5.56. The molecule has 0 radical (unpaired) electrons. The molecule has 3 atom stereocenters. The van der Waals surface area contributed by atoms with E-state index in [4.69, 9.17) is 10.8 Å². The SMILES string of the molecule is NC(=O)C[C@@H](NC(=O)C1CCCCC1C(F)(F)F)C(=O)O. The molecule has 1 aliphatic rings. The number of hydrogen-bond donors (Lipinski definition) is 3. The van der Waals surface area contributed by atoms with Crippen molar-refractivity contribution >= 4 is 17.8 Å². The van der Waals surface area contributed by atoms with Crippen LogP contribution in [0.1, 0.15) is 32.1 Å². The summed E-state index contributed by atoms with van der Waals surface area (Å²) in [6, 6.07) is -1.61. The van der Waals surface area contributed by atoms with Crippen LogP contribution in [0, 0.1) is 11.8 Å². The van der Waals surface area contributed by atoms with Gasteiger partial charge in [0.25, 0.3) is 0 Å². The van der Waals surface area contributed by atoms with Crippen LogP contribution in [-0.4, -0.2) is 35.1 Å². The predicted molar refractivity (Wildman–Crippen MR) is 64.9 cm³/mol. The molecule has 1 saturated carbocycles. The molecule has 0 bridgehead atoms. The summed E-state index contributed by atoms with van der Waals surface area (Å²) in [6.45, 7) is 0. The van der Waals surface area contributed by atoms with E-state index in [9.17, 15) is 27.6 Å². The molecule has 4 N–H and O–H groups in total. The molecule has 2 unspecified atom stereocenters. The van der Waals surface area contributed by atoms with Crippen LogP contribution in [0.4, 0.5) is 13.2 Å². The minimum absolute atomic E-state index is 0.0406. The highest BCUT2D eigenvalue weighted by Crippen LogP contribution is 2.41. The van der Waals surface area contributed by atoms with Crippen molar-refractivity contribution in [3.05, 3.63) is 0 Å². The molecule has 0 aromatic carbocycles. The maximum absolute atomic E-state index is 12.9. The molecule has 21 heavy (non-hydrogen) atoms. The zero-order chi connectivity index (χ0) is 16.2. The third kappa shape index (κ3) is 4.91. The first kappa shape index (κ1) is 17.3. The number of amides is 2. The van der Waals surface area contributed by atoms with Crippen LogP contribution in [-0.2, 0) is 14.4 Å². The van der Waals surface area contributed by atoms with Crippen molar-refractivity contribution in [2.24, 2.45) is 17.6 Å². The Morgan fingerprint density at radius 1 is 1.24 bits per heavy atom. The van der Waals surface area contributed by atoms with Gasteiger partial charge in [0.1, 0.15) is 6.04 Å². The van der Waals surface area contributed by atoms with Crippen LogP contribution in [0.15, 0.2) is 0 Å². The Morgan fingerprint density at radius 2 is 1.81 bits per heavy atom. The molecule has 0 spiro atoms. The van der Waals surface area contributed by atoms with Crippen LogP contribution in [0.5, 0.6) is 0 Å². The molecule has 6 nitrogen and oxygen atoms in total. The third-order valence-electron chi connectivity index (χ3n) is 3.54. The van der Waals surface area contributed by atoms with E-state index < -0.39 is 48.3 Å². The molecular formula is C12H17F3N2O4. The lowest BCUT2D eigenvalue weighted by Gasteiger charge is -2.32. The van der Waals surface area contributed by atoms with Gasteiger partial charge >= 0.3 is 12.1 Å². The summed E-state index contributed by atoms with van der Waals surface area (Å²) in [6.07, 6.45) is -4.45. The Morgan fingerprint density at radius 3 is 2.29 bits per heavy atom. The monoisotopic (exact) mass is 310 g/mol. The molecule has 120 valence electrons. The lowest BCUT2D eigenvalue weighted by molar-refractivity contribution is -0.198. The van der Waals surface area contributed by atoms with Gasteiger partial charge in [0, 0.05) is 5.92 Å². The number of hydrogen-bond acceptors (Lipinski definition) is 3. The second-order valence-corrected chi connectivity index (χ2v) is 5.11. The standard InChI is InChI=1S/C12H17F3N2O4/c13-12(14,15)7-4-2-1-3-6(7)10(19)17-8(11(20)21)5-9(16)18/h6-8H,1-5H2,(H2,16,18)(H,17,19)(H,20,21)/t6?,7?,8-/m1/s1. The molecule has 1 fully saturated rings. The fourth-order valence-electron chi connectivity index (χ4n) is 2.52. The van der Waals surface area contributed by atoms with E-state index in [1.54, 1.807) is 0 Å². The molecule has 2 amide bonds. The van der Waals surface area contributed by atoms with Crippen LogP contribution >= 0.6 is 0 Å². The van der Waals surface area contributed by atoms with Gasteiger partial charge in [0.2, 0.25) is 11.8 Å². The molecule has 0 saturated heterocycles. The number of carbonyl (C=O) groups is 3. The number of nitrogens with two attached hydrogens (primary N) is 1. The fraction of sp³-hybridized carbons (Fsp3) is 0.750. The van der Waals surface area contributed by atoms with Gasteiger partial charge in [0.15, 0.2) is 0 Å². The van der Waals surface area contributed by atoms with Gasteiger partial charge in [-0.05, 0) is 12.8 Å². The molecule has 0 aromatic heterocycles. The molecule has 9 heteroatoms. The van der Waals surface area contributed by atoms with E-state index in [0.717, 1.165) is 0 Å². The Balaban J connectivity index is 2.79. The van der Waals surface area contributed by atoms with Crippen molar-refractivity contribution in [3.63, 3.8) is 0 Å². The van der Waals surface area contributed by atoms with Crippen molar-refractivity contribution in [2.45, 2.75) is 44.3 Å². The van der Waals surface area contributed by atoms with Crippen molar-refractivity contribution < 1.29 is 32.7 Å². The zero-order valence-electron chi connectivity index (χ0n) is 11.2. The van der Waals surface area contributed by atoms with Gasteiger partial charge in [-0.25, -0.2) is 4.79 Å². The Hall–Kier alpha value is -1.80. The highest BCUT2D eigenvalue weighted by molar-refractivity contribution is 5.89. The maximum atomic E-state index is 12.9. The summed E-state index contributed by atoms with van der Waals surface area (Å²) in [7, 11) is 0. The van der Waals surface area contributed by atoms with Gasteiger partial charge in [-0.15, -0.1) is 0 Å². The molecule has 1 aliphatic carbocycles. The fourth-order valence-corrected chi connectivity index (χ4v) is 2.52. The third-order valence-corrected chi connectivity index (χ3v) is 3.54. The van der Waals surface area contributed by atoms with E-state index >= 15 is 0 Å². The quantitative estimate of drug-likeness (QED) is 0.697. The average Bonchev–Trinajstić information content (AvgIpc) is 2.36. The summed E-state index contributed by atoms with van der Waals surface area (Å²) in [4.78, 5) is 33.5. The number of nitrogens with one attached hydrogen (secondary N) is 1. The highest BCUT2D eigenvalue weighted by atomic mass is 19.4. The number of halogens is 3. The first-order chi connectivity index (χ1) is 9.62. The van der Waals surface area contributed by atoms with Crippen LogP contribution < -0.4 is 11.1 Å². The minimum atomic E-state index is -4.51. The first-order valence-corrected chi connectivity index (χ1v) is 6.51. The number of alkyl halides is 3. The van der Waals surface area contributed by atoms with Gasteiger partial charge in [-0.1, -0.05) is 12.8 Å². The average molecular weight is 310 g/mol. The largest absolute Gasteiger partial charge is 0.480 e. The smallest absolute Gasteiger partial charge is 0.392 e. The van der Waals surface area contributed by atoms with Gasteiger partial charge in [-0.3, -0.25) is 9.59 Å². The molecular weight excluding hydrogens is 293 g/mol. The molecule has 0 heterocycles. The zero-order valence-corrected chi connectivity index (χ0v) is 11.2. The molecule has 0 aromatic rings. The minimum Gasteiger partial charge on any atom is -0.480 e. The summed E-state index contributed by atoms with van der Waals surface area (Å²) in [5.41, 5.74) is 4.85. The van der Waals surface area contributed by atoms with E-state index in [1.165, 1.54) is 0 Å². The second-order valence-electron chi connectivity index (χ2n) is 5.11. The topological polar surface area (TPSA) is 109 Å². The number of aliphatic carboxylic acids is 1. The highest BCUT2D eigenvalue weighted by Gasteiger charge is 2.48. The van der Waals surface area contributed by atoms with E-state index in [1.807, 2.05) is 5.32 Å². The normalized spacial score (nSPS) is 24.1. The van der Waals surface area contributed by atoms with Crippen molar-refractivity contribution in [1.29, 1.82) is 0 Å². The van der Waals surface area contributed by atoms with E-state index in [0.29, 0.717) is 12.8 Å². The number of rotatable bonds is 5. The summed E-state index contributed by atoms with van der Waals surface area (Å²) >= 11 is 0. The number of carbonyl (C=O) groups excluding carboxylic acids is 2. The van der Waals surface area contributed by atoms with Gasteiger partial charge < -0.3 is 16.2 Å². The van der Waals surface area contributed by atoms with Gasteiger partial charge in [-0.2, -0.15) is 13.2 Å². The molecule has 0 aliphatic heterocycles. The summed E-state index contributed by atoms with van der Waals surface area (Å²) in [5, 5.41) is 10.8. The summed E-state index contributed by atoms with van der Waals surface area (Å²) < 4.78 is 38.7. The van der Waals surface area contributed by atoms with Crippen molar-refractivity contribution in [2.75, 3.05) is 0 Å². The lowest BCUT2D eigenvalue weighted by atomic mass is 9.78. The first-order valence-electron chi connectivity index (χ1n) is 6.51. The van der Waals surface area contributed by atoms with Crippen LogP contribution in [0.3, 0.4) is 0 Å². The number of carboxylic acids is 1.